The molecule has 0 saturated heterocycles. The number of nitrogens with one attached hydrogen (secondary N) is 1. The van der Waals surface area contributed by atoms with Crippen molar-refractivity contribution in [2.24, 2.45) is 5.92 Å². The van der Waals surface area contributed by atoms with Gasteiger partial charge in [-0.05, 0) is 25.8 Å². The molecule has 0 bridgehead atoms. The average molecular weight is 358 g/mol. The van der Waals surface area contributed by atoms with Crippen molar-refractivity contribution in [1.29, 1.82) is 5.26 Å². The third-order valence-corrected chi connectivity index (χ3v) is 4.14. The second-order valence-electron chi connectivity index (χ2n) is 5.50. The Morgan fingerprint density at radius 1 is 1.39 bits per heavy atom. The number of nitrogens with zero attached hydrogens (tertiary/aromatic N) is 2. The molecule has 0 aliphatic carbocycles. The molecular formula is C15H17Cl2N3O3. The number of hydrogen-bond acceptors (Lipinski definition) is 5. The van der Waals surface area contributed by atoms with Crippen LogP contribution < -0.4 is 5.32 Å². The lowest BCUT2D eigenvalue weighted by molar-refractivity contribution is -0.130. The summed E-state index contributed by atoms with van der Waals surface area (Å²) in [5.41, 5.74) is -0.978. The van der Waals surface area contributed by atoms with Gasteiger partial charge in [0.15, 0.2) is 6.10 Å². The number of halogens is 2. The van der Waals surface area contributed by atoms with Crippen LogP contribution >= 0.6 is 23.2 Å². The summed E-state index contributed by atoms with van der Waals surface area (Å²) in [6, 6.07) is 3.35. The molecule has 0 fully saturated rings. The fourth-order valence-electron chi connectivity index (χ4n) is 1.47. The number of esters is 1. The lowest BCUT2D eigenvalue weighted by atomic mass is 9.90. The van der Waals surface area contributed by atoms with Gasteiger partial charge < -0.3 is 10.1 Å². The minimum Gasteiger partial charge on any atom is -0.449 e. The van der Waals surface area contributed by atoms with Gasteiger partial charge in [-0.15, -0.1) is 0 Å². The normalized spacial score (nSPS) is 14.5. The van der Waals surface area contributed by atoms with E-state index in [2.05, 4.69) is 10.3 Å². The van der Waals surface area contributed by atoms with Gasteiger partial charge in [0.1, 0.15) is 10.7 Å². The quantitative estimate of drug-likeness (QED) is 0.645. The van der Waals surface area contributed by atoms with Crippen LogP contribution in [0.5, 0.6) is 0 Å². The van der Waals surface area contributed by atoms with Crippen molar-refractivity contribution < 1.29 is 14.3 Å². The first-order valence-electron chi connectivity index (χ1n) is 6.86. The molecule has 23 heavy (non-hydrogen) atoms. The summed E-state index contributed by atoms with van der Waals surface area (Å²) in [7, 11) is 0. The summed E-state index contributed by atoms with van der Waals surface area (Å²) in [4.78, 5) is 27.8. The monoisotopic (exact) mass is 357 g/mol. The summed E-state index contributed by atoms with van der Waals surface area (Å²) in [6.45, 7) is 6.63. The van der Waals surface area contributed by atoms with Gasteiger partial charge in [-0.2, -0.15) is 5.26 Å². The molecular weight excluding hydrogens is 341 g/mol. The van der Waals surface area contributed by atoms with Crippen molar-refractivity contribution >= 4 is 35.1 Å². The summed E-state index contributed by atoms with van der Waals surface area (Å²) in [6.07, 6.45) is 0.123. The lowest BCUT2D eigenvalue weighted by Gasteiger charge is -2.28. The Morgan fingerprint density at radius 2 is 2.00 bits per heavy atom. The fraction of sp³-hybridized carbons (Fsp3) is 0.467. The standard InChI is InChI=1S/C15H17Cl2N3O3/c1-8(2)15(4,7-18)20-13(21)9(3)23-14(22)10-5-11(16)12(17)19-6-10/h5-6,8-9H,1-4H3,(H,20,21)/t9-,15-/m1/s1. The van der Waals surface area contributed by atoms with E-state index in [1.54, 1.807) is 6.92 Å². The number of carbonyl (C=O) groups is 2. The first-order valence-corrected chi connectivity index (χ1v) is 7.61. The Balaban J connectivity index is 2.77. The molecule has 0 saturated carbocycles. The van der Waals surface area contributed by atoms with Gasteiger partial charge in [0.05, 0.1) is 16.7 Å². The topological polar surface area (TPSA) is 92.1 Å². The summed E-state index contributed by atoms with van der Waals surface area (Å²) in [5, 5.41) is 11.9. The van der Waals surface area contributed by atoms with Crippen LogP contribution in [-0.2, 0) is 9.53 Å². The van der Waals surface area contributed by atoms with Gasteiger partial charge in [-0.25, -0.2) is 9.78 Å². The minimum atomic E-state index is -1.08. The maximum Gasteiger partial charge on any atom is 0.340 e. The van der Waals surface area contributed by atoms with Crippen molar-refractivity contribution in [3.05, 3.63) is 28.0 Å². The summed E-state index contributed by atoms with van der Waals surface area (Å²) < 4.78 is 5.06. The Labute approximate surface area is 144 Å². The molecule has 124 valence electrons. The van der Waals surface area contributed by atoms with Crippen LogP contribution in [0.15, 0.2) is 12.3 Å². The molecule has 0 aromatic carbocycles. The Kier molecular flexibility index (Phi) is 6.37. The number of pyridine rings is 1. The highest BCUT2D eigenvalue weighted by Gasteiger charge is 2.32. The van der Waals surface area contributed by atoms with E-state index in [1.807, 2.05) is 19.9 Å². The molecule has 0 spiro atoms. The minimum absolute atomic E-state index is 0.0655. The van der Waals surface area contributed by atoms with Crippen LogP contribution in [0.2, 0.25) is 10.2 Å². The van der Waals surface area contributed by atoms with Gasteiger partial charge >= 0.3 is 5.97 Å². The van der Waals surface area contributed by atoms with Crippen LogP contribution in [0.1, 0.15) is 38.1 Å². The van der Waals surface area contributed by atoms with Crippen LogP contribution in [0.3, 0.4) is 0 Å². The number of rotatable bonds is 5. The van der Waals surface area contributed by atoms with Crippen LogP contribution in [0.25, 0.3) is 0 Å². The second kappa shape index (κ2) is 7.62. The SMILES string of the molecule is CC(C)[C@@](C)(C#N)NC(=O)[C@@H](C)OC(=O)c1cnc(Cl)c(Cl)c1. The highest BCUT2D eigenvalue weighted by molar-refractivity contribution is 6.41. The number of ether oxygens (including phenoxy) is 1. The van der Waals surface area contributed by atoms with Crippen molar-refractivity contribution in [3.63, 3.8) is 0 Å². The van der Waals surface area contributed by atoms with Gasteiger partial charge in [0, 0.05) is 6.20 Å². The largest absolute Gasteiger partial charge is 0.449 e. The Hall–Kier alpha value is -1.84. The number of hydrogen-bond donors (Lipinski definition) is 1. The molecule has 1 rings (SSSR count). The van der Waals surface area contributed by atoms with E-state index in [-0.39, 0.29) is 21.7 Å². The predicted octanol–water partition coefficient (Wildman–Crippen LogP) is 2.99. The van der Waals surface area contributed by atoms with Crippen LogP contribution in [0, 0.1) is 17.2 Å². The average Bonchev–Trinajstić information content (AvgIpc) is 2.49. The molecule has 1 aromatic heterocycles. The number of carbonyl (C=O) groups excluding carboxylic acids is 2. The second-order valence-corrected chi connectivity index (χ2v) is 6.27. The Bertz CT molecular complexity index is 658. The third-order valence-electron chi connectivity index (χ3n) is 3.45. The molecule has 1 aromatic rings. The molecule has 2 atom stereocenters. The van der Waals surface area contributed by atoms with E-state index in [4.69, 9.17) is 27.9 Å². The predicted molar refractivity (Wildman–Crippen MR) is 86.1 cm³/mol. The summed E-state index contributed by atoms with van der Waals surface area (Å²) in [5.74, 6) is -1.44. The van der Waals surface area contributed by atoms with Crippen molar-refractivity contribution in [1.82, 2.24) is 10.3 Å². The molecule has 0 aliphatic heterocycles. The van der Waals surface area contributed by atoms with E-state index in [9.17, 15) is 14.9 Å². The van der Waals surface area contributed by atoms with Crippen LogP contribution in [-0.4, -0.2) is 28.5 Å². The summed E-state index contributed by atoms with van der Waals surface area (Å²) >= 11 is 11.5. The molecule has 0 aliphatic rings. The zero-order valence-electron chi connectivity index (χ0n) is 13.2. The van der Waals surface area contributed by atoms with Crippen molar-refractivity contribution in [2.75, 3.05) is 0 Å². The Morgan fingerprint density at radius 3 is 2.48 bits per heavy atom. The number of amides is 1. The van der Waals surface area contributed by atoms with E-state index >= 15 is 0 Å². The molecule has 6 nitrogen and oxygen atoms in total. The molecule has 0 unspecified atom stereocenters. The zero-order chi connectivity index (χ0) is 17.8. The number of aromatic nitrogens is 1. The van der Waals surface area contributed by atoms with E-state index < -0.39 is 23.5 Å². The van der Waals surface area contributed by atoms with Gasteiger partial charge in [-0.1, -0.05) is 37.0 Å². The molecule has 0 radical (unpaired) electrons. The lowest BCUT2D eigenvalue weighted by Crippen LogP contribution is -2.52. The zero-order valence-corrected chi connectivity index (χ0v) is 14.7. The van der Waals surface area contributed by atoms with Gasteiger partial charge in [0.2, 0.25) is 0 Å². The molecule has 1 amide bonds. The van der Waals surface area contributed by atoms with E-state index in [0.717, 1.165) is 0 Å². The van der Waals surface area contributed by atoms with Crippen molar-refractivity contribution in [2.45, 2.75) is 39.3 Å². The van der Waals surface area contributed by atoms with Gasteiger partial charge in [0.25, 0.3) is 5.91 Å². The first kappa shape index (κ1) is 19.2. The third kappa shape index (κ3) is 4.81. The maximum atomic E-state index is 12.1. The highest BCUT2D eigenvalue weighted by atomic mass is 35.5. The fourth-order valence-corrected chi connectivity index (χ4v) is 1.74. The maximum absolute atomic E-state index is 12.1. The van der Waals surface area contributed by atoms with Crippen LogP contribution in [0.4, 0.5) is 0 Å². The first-order chi connectivity index (χ1) is 10.6. The number of nitriles is 1. The van der Waals surface area contributed by atoms with E-state index in [0.29, 0.717) is 0 Å². The van der Waals surface area contributed by atoms with Gasteiger partial charge in [-0.3, -0.25) is 4.79 Å². The smallest absolute Gasteiger partial charge is 0.340 e. The highest BCUT2D eigenvalue weighted by Crippen LogP contribution is 2.20. The van der Waals surface area contributed by atoms with E-state index in [1.165, 1.54) is 19.2 Å². The molecule has 1 N–H and O–H groups in total. The molecule has 8 heteroatoms. The molecule has 1 heterocycles. The van der Waals surface area contributed by atoms with Crippen molar-refractivity contribution in [3.8, 4) is 6.07 Å².